The van der Waals surface area contributed by atoms with Crippen LogP contribution in [0.15, 0.2) is 42.0 Å². The smallest absolute Gasteiger partial charge is 0.410 e. The molecule has 0 bridgehead atoms. The van der Waals surface area contributed by atoms with Gasteiger partial charge in [0.25, 0.3) is 0 Å². The molecule has 6 heteroatoms. The van der Waals surface area contributed by atoms with Gasteiger partial charge < -0.3 is 19.7 Å². The number of nitrogens with zero attached hydrogens (tertiary/aromatic N) is 1. The number of carbonyl (C=O) groups excluding carboxylic acids is 2. The molecular weight excluding hydrogens is 332 g/mol. The molecule has 0 radical (unpaired) electrons. The molecule has 1 aliphatic rings. The molecule has 0 fully saturated rings. The van der Waals surface area contributed by atoms with Crippen molar-refractivity contribution in [3.8, 4) is 0 Å². The van der Waals surface area contributed by atoms with Crippen LogP contribution >= 0.6 is 0 Å². The summed E-state index contributed by atoms with van der Waals surface area (Å²) in [6.45, 7) is 8.55. The number of alkyl carbamates (subject to hydrolysis) is 1. The first kappa shape index (κ1) is 19.8. The molecule has 26 heavy (non-hydrogen) atoms. The molecule has 1 heterocycles. The van der Waals surface area contributed by atoms with Gasteiger partial charge in [-0.2, -0.15) is 0 Å². The van der Waals surface area contributed by atoms with E-state index in [9.17, 15) is 9.59 Å². The van der Waals surface area contributed by atoms with Crippen LogP contribution in [0.3, 0.4) is 0 Å². The molecule has 1 aromatic rings. The van der Waals surface area contributed by atoms with Crippen LogP contribution in [-0.4, -0.2) is 41.8 Å². The number of rotatable bonds is 3. The average molecular weight is 360 g/mol. The number of hydrogen-bond donors (Lipinski definition) is 1. The van der Waals surface area contributed by atoms with Crippen molar-refractivity contribution in [1.29, 1.82) is 0 Å². The maximum Gasteiger partial charge on any atom is 0.410 e. The quantitative estimate of drug-likeness (QED) is 0.831. The van der Waals surface area contributed by atoms with Crippen LogP contribution in [-0.2, 0) is 16.1 Å². The zero-order valence-corrected chi connectivity index (χ0v) is 16.0. The minimum Gasteiger partial charge on any atom is -0.445 e. The Morgan fingerprint density at radius 3 is 2.58 bits per heavy atom. The van der Waals surface area contributed by atoms with Crippen molar-refractivity contribution < 1.29 is 19.1 Å². The Kier molecular flexibility index (Phi) is 6.66. The SMILES string of the molecule is CC1=CCN(C(=O)OC(C)(C)C)CC(NC(=O)OCc2ccccc2)C1. The van der Waals surface area contributed by atoms with Crippen molar-refractivity contribution in [3.63, 3.8) is 0 Å². The van der Waals surface area contributed by atoms with Gasteiger partial charge >= 0.3 is 12.2 Å². The largest absolute Gasteiger partial charge is 0.445 e. The van der Waals surface area contributed by atoms with Crippen LogP contribution in [0.25, 0.3) is 0 Å². The molecular formula is C20H28N2O4. The predicted molar refractivity (Wildman–Crippen MR) is 99.7 cm³/mol. The molecule has 1 aliphatic heterocycles. The van der Waals surface area contributed by atoms with E-state index in [4.69, 9.17) is 9.47 Å². The molecule has 1 N–H and O–H groups in total. The van der Waals surface area contributed by atoms with E-state index in [0.29, 0.717) is 19.5 Å². The monoisotopic (exact) mass is 360 g/mol. The van der Waals surface area contributed by atoms with E-state index in [0.717, 1.165) is 11.1 Å². The van der Waals surface area contributed by atoms with Gasteiger partial charge in [-0.05, 0) is 39.7 Å². The standard InChI is InChI=1S/C20H28N2O4/c1-15-10-11-22(19(24)26-20(2,3)4)13-17(12-15)21-18(23)25-14-16-8-6-5-7-9-16/h5-10,17H,11-14H2,1-4H3,(H,21,23). The van der Waals surface area contributed by atoms with E-state index in [1.807, 2.05) is 64.1 Å². The van der Waals surface area contributed by atoms with E-state index in [1.165, 1.54) is 0 Å². The van der Waals surface area contributed by atoms with E-state index in [1.54, 1.807) is 4.90 Å². The average Bonchev–Trinajstić information content (AvgIpc) is 2.74. The van der Waals surface area contributed by atoms with Crippen LogP contribution in [0.1, 0.15) is 39.7 Å². The van der Waals surface area contributed by atoms with Crippen LogP contribution in [0.5, 0.6) is 0 Å². The van der Waals surface area contributed by atoms with E-state index >= 15 is 0 Å². The predicted octanol–water partition coefficient (Wildman–Crippen LogP) is 3.87. The molecule has 0 aromatic heterocycles. The number of carbonyl (C=O) groups is 2. The minimum absolute atomic E-state index is 0.212. The third-order valence-electron chi connectivity index (χ3n) is 3.86. The lowest BCUT2D eigenvalue weighted by molar-refractivity contribution is 0.0256. The second kappa shape index (κ2) is 8.74. The van der Waals surface area contributed by atoms with Gasteiger partial charge in [0.05, 0.1) is 6.04 Å². The highest BCUT2D eigenvalue weighted by Gasteiger charge is 2.27. The molecule has 6 nitrogen and oxygen atoms in total. The van der Waals surface area contributed by atoms with Crippen LogP contribution in [0.4, 0.5) is 9.59 Å². The Morgan fingerprint density at radius 2 is 1.92 bits per heavy atom. The second-order valence-corrected chi connectivity index (χ2v) is 7.54. The van der Waals surface area contributed by atoms with Gasteiger partial charge in [0.2, 0.25) is 0 Å². The summed E-state index contributed by atoms with van der Waals surface area (Å²) in [5, 5.41) is 2.86. The molecule has 0 saturated heterocycles. The highest BCUT2D eigenvalue weighted by atomic mass is 16.6. The highest BCUT2D eigenvalue weighted by Crippen LogP contribution is 2.16. The van der Waals surface area contributed by atoms with Crippen molar-refractivity contribution in [2.24, 2.45) is 0 Å². The summed E-state index contributed by atoms with van der Waals surface area (Å²) in [6.07, 6.45) is 1.78. The fourth-order valence-corrected chi connectivity index (χ4v) is 2.65. The van der Waals surface area contributed by atoms with Gasteiger partial charge in [-0.15, -0.1) is 0 Å². The summed E-state index contributed by atoms with van der Waals surface area (Å²) >= 11 is 0. The molecule has 1 unspecified atom stereocenters. The molecule has 0 spiro atoms. The van der Waals surface area contributed by atoms with E-state index in [2.05, 4.69) is 5.32 Å². The lowest BCUT2D eigenvalue weighted by Crippen LogP contribution is -2.46. The first-order chi connectivity index (χ1) is 12.2. The van der Waals surface area contributed by atoms with Crippen molar-refractivity contribution in [3.05, 3.63) is 47.5 Å². The Hall–Kier alpha value is -2.50. The number of ether oxygens (including phenoxy) is 2. The number of hydrogen-bond acceptors (Lipinski definition) is 4. The third kappa shape index (κ3) is 6.78. The zero-order valence-electron chi connectivity index (χ0n) is 16.0. The Bertz CT molecular complexity index is 650. The summed E-state index contributed by atoms with van der Waals surface area (Å²) in [6, 6.07) is 9.29. The van der Waals surface area contributed by atoms with Crippen molar-refractivity contribution in [1.82, 2.24) is 10.2 Å². The van der Waals surface area contributed by atoms with Gasteiger partial charge in [0, 0.05) is 13.1 Å². The van der Waals surface area contributed by atoms with Crippen molar-refractivity contribution in [2.75, 3.05) is 13.1 Å². The van der Waals surface area contributed by atoms with Gasteiger partial charge in [-0.3, -0.25) is 0 Å². The summed E-state index contributed by atoms with van der Waals surface area (Å²) in [7, 11) is 0. The number of nitrogens with one attached hydrogen (secondary N) is 1. The van der Waals surface area contributed by atoms with Gasteiger partial charge in [0.1, 0.15) is 12.2 Å². The second-order valence-electron chi connectivity index (χ2n) is 7.54. The molecule has 1 aromatic carbocycles. The lowest BCUT2D eigenvalue weighted by Gasteiger charge is -2.28. The molecule has 1 atom stereocenters. The molecule has 2 amide bonds. The summed E-state index contributed by atoms with van der Waals surface area (Å²) in [4.78, 5) is 26.1. The van der Waals surface area contributed by atoms with Crippen LogP contribution < -0.4 is 5.32 Å². The third-order valence-corrected chi connectivity index (χ3v) is 3.86. The Morgan fingerprint density at radius 1 is 1.23 bits per heavy atom. The van der Waals surface area contributed by atoms with E-state index < -0.39 is 11.7 Å². The van der Waals surface area contributed by atoms with Crippen molar-refractivity contribution in [2.45, 2.75) is 52.4 Å². The van der Waals surface area contributed by atoms with Gasteiger partial charge in [0.15, 0.2) is 0 Å². The first-order valence-corrected chi connectivity index (χ1v) is 8.84. The topological polar surface area (TPSA) is 67.9 Å². The molecule has 0 aliphatic carbocycles. The molecule has 0 saturated carbocycles. The van der Waals surface area contributed by atoms with Crippen molar-refractivity contribution >= 4 is 12.2 Å². The van der Waals surface area contributed by atoms with Gasteiger partial charge in [-0.25, -0.2) is 9.59 Å². The first-order valence-electron chi connectivity index (χ1n) is 8.84. The number of amides is 2. The Balaban J connectivity index is 1.91. The fraction of sp³-hybridized carbons (Fsp3) is 0.500. The fourth-order valence-electron chi connectivity index (χ4n) is 2.65. The maximum absolute atomic E-state index is 12.3. The normalized spacial score (nSPS) is 17.8. The summed E-state index contributed by atoms with van der Waals surface area (Å²) in [5.41, 5.74) is 1.49. The van der Waals surface area contributed by atoms with Crippen LogP contribution in [0.2, 0.25) is 0 Å². The molecule has 142 valence electrons. The summed E-state index contributed by atoms with van der Waals surface area (Å²) in [5.74, 6) is 0. The van der Waals surface area contributed by atoms with E-state index in [-0.39, 0.29) is 18.7 Å². The maximum atomic E-state index is 12.3. The Labute approximate surface area is 155 Å². The van der Waals surface area contributed by atoms with Crippen LogP contribution in [0, 0.1) is 0 Å². The van der Waals surface area contributed by atoms with Gasteiger partial charge in [-0.1, -0.05) is 42.0 Å². The highest BCUT2D eigenvalue weighted by molar-refractivity contribution is 5.70. The summed E-state index contributed by atoms with van der Waals surface area (Å²) < 4.78 is 10.7. The zero-order chi connectivity index (χ0) is 19.2. The molecule has 2 rings (SSSR count). The lowest BCUT2D eigenvalue weighted by atomic mass is 10.1. The minimum atomic E-state index is -0.556. The number of benzene rings is 1.